The molecule has 0 fully saturated rings. The zero-order chi connectivity index (χ0) is 37.2. The highest BCUT2D eigenvalue weighted by Gasteiger charge is 2.31. The van der Waals surface area contributed by atoms with Crippen LogP contribution in [0.25, 0.3) is 0 Å². The number of nitrogens with one attached hydrogen (secondary N) is 4. The zero-order valence-electron chi connectivity index (χ0n) is 29.3. The molecule has 14 nitrogen and oxygen atoms in total. The summed E-state index contributed by atoms with van der Waals surface area (Å²) >= 11 is 0. The summed E-state index contributed by atoms with van der Waals surface area (Å²) in [6, 6.07) is 8.32. The number of nitrogens with zero attached hydrogens (tertiary/aromatic N) is 4. The summed E-state index contributed by atoms with van der Waals surface area (Å²) in [4.78, 5) is 72.5. The number of halogens is 2. The largest absolute Gasteiger partial charge is 0.496 e. The van der Waals surface area contributed by atoms with Gasteiger partial charge in [-0.2, -0.15) is 5.10 Å². The first-order valence-electron chi connectivity index (χ1n) is 16.7. The van der Waals surface area contributed by atoms with E-state index >= 15 is 0 Å². The van der Waals surface area contributed by atoms with E-state index in [9.17, 15) is 32.8 Å². The van der Waals surface area contributed by atoms with E-state index in [0.29, 0.717) is 11.6 Å². The highest BCUT2D eigenvalue weighted by molar-refractivity contribution is 5.97. The Kier molecular flexibility index (Phi) is 13.2. The van der Waals surface area contributed by atoms with Crippen molar-refractivity contribution in [2.45, 2.75) is 71.6 Å². The molecule has 0 radical (unpaired) electrons. The third-order valence-electron chi connectivity index (χ3n) is 8.34. The Balaban J connectivity index is 1.65. The lowest BCUT2D eigenvalue weighted by molar-refractivity contribution is -0.132. The Morgan fingerprint density at radius 2 is 1.71 bits per heavy atom. The molecule has 4 N–H and O–H groups in total. The van der Waals surface area contributed by atoms with Crippen molar-refractivity contribution < 1.29 is 37.5 Å². The van der Waals surface area contributed by atoms with E-state index in [1.165, 1.54) is 23.6 Å². The van der Waals surface area contributed by atoms with Crippen LogP contribution in [0.3, 0.4) is 0 Å². The molecule has 1 aromatic heterocycles. The first-order valence-corrected chi connectivity index (χ1v) is 16.7. The van der Waals surface area contributed by atoms with Crippen LogP contribution in [-0.4, -0.2) is 88.0 Å². The minimum Gasteiger partial charge on any atom is -0.496 e. The van der Waals surface area contributed by atoms with Gasteiger partial charge in [-0.05, 0) is 43.9 Å². The van der Waals surface area contributed by atoms with Crippen LogP contribution in [0.2, 0.25) is 0 Å². The lowest BCUT2D eigenvalue weighted by atomic mass is 10.0. The van der Waals surface area contributed by atoms with E-state index < -0.39 is 64.9 Å². The third kappa shape index (κ3) is 10.1. The number of methoxy groups -OCH3 is 1. The second-order valence-corrected chi connectivity index (χ2v) is 12.6. The van der Waals surface area contributed by atoms with E-state index in [2.05, 4.69) is 31.3 Å². The van der Waals surface area contributed by atoms with Crippen molar-refractivity contribution in [2.24, 2.45) is 5.92 Å². The number of fused-ring (bicyclic) bond motifs is 1. The van der Waals surface area contributed by atoms with E-state index in [-0.39, 0.29) is 57.1 Å². The Morgan fingerprint density at radius 3 is 2.39 bits per heavy atom. The molecule has 1 aliphatic rings. The van der Waals surface area contributed by atoms with Crippen LogP contribution in [0.1, 0.15) is 67.2 Å². The molecule has 0 saturated carbocycles. The van der Waals surface area contributed by atoms with E-state index in [1.54, 1.807) is 6.92 Å². The molecule has 2 aromatic carbocycles. The summed E-state index contributed by atoms with van der Waals surface area (Å²) in [5, 5.41) is 15.5. The Morgan fingerprint density at radius 1 is 0.980 bits per heavy atom. The fourth-order valence-electron chi connectivity index (χ4n) is 5.66. The second kappa shape index (κ2) is 17.5. The molecule has 3 atom stereocenters. The molecule has 2 heterocycles. The molecule has 3 aromatic rings. The molecule has 0 unspecified atom stereocenters. The van der Waals surface area contributed by atoms with Gasteiger partial charge in [-0.15, -0.1) is 0 Å². The van der Waals surface area contributed by atoms with Crippen molar-refractivity contribution in [1.82, 2.24) is 40.9 Å². The summed E-state index contributed by atoms with van der Waals surface area (Å²) in [5.74, 6) is -5.36. The number of aryl methyl sites for hydroxylation is 1. The Labute approximate surface area is 294 Å². The lowest BCUT2D eigenvalue weighted by Gasteiger charge is -2.27. The predicted molar refractivity (Wildman–Crippen MR) is 181 cm³/mol. The lowest BCUT2D eigenvalue weighted by Crippen LogP contribution is -2.54. The number of carbonyl (C=O) groups excluding carboxylic acids is 5. The molecular weight excluding hydrogens is 666 g/mol. The predicted octanol–water partition coefficient (Wildman–Crippen LogP) is 1.97. The molecule has 1 aliphatic heterocycles. The van der Waals surface area contributed by atoms with Gasteiger partial charge in [0, 0.05) is 32.5 Å². The quantitative estimate of drug-likeness (QED) is 0.311. The normalized spacial score (nSPS) is 20.1. The van der Waals surface area contributed by atoms with Gasteiger partial charge in [0.25, 0.3) is 5.91 Å². The van der Waals surface area contributed by atoms with Crippen LogP contribution in [0.4, 0.5) is 8.78 Å². The number of hydrogen-bond acceptors (Lipinski definition) is 8. The number of rotatable bonds is 5. The molecule has 0 saturated heterocycles. The van der Waals surface area contributed by atoms with Crippen LogP contribution >= 0.6 is 0 Å². The Hall–Kier alpha value is -5.41. The van der Waals surface area contributed by atoms with E-state index in [4.69, 9.17) is 4.74 Å². The van der Waals surface area contributed by atoms with Crippen LogP contribution in [0.5, 0.6) is 5.75 Å². The molecule has 16 heteroatoms. The van der Waals surface area contributed by atoms with Crippen molar-refractivity contribution >= 4 is 29.5 Å². The van der Waals surface area contributed by atoms with Crippen LogP contribution in [-0.2, 0) is 32.1 Å². The molecular formula is C35H44F2N8O6. The number of aromatic nitrogens is 3. The van der Waals surface area contributed by atoms with Gasteiger partial charge in [0.1, 0.15) is 35.8 Å². The molecule has 0 bridgehead atoms. The number of benzene rings is 2. The average Bonchev–Trinajstić information content (AvgIpc) is 3.45. The second-order valence-electron chi connectivity index (χ2n) is 12.6. The molecule has 5 amide bonds. The van der Waals surface area contributed by atoms with Crippen molar-refractivity contribution in [3.05, 3.63) is 76.9 Å². The van der Waals surface area contributed by atoms with Crippen molar-refractivity contribution in [2.75, 3.05) is 26.7 Å². The monoisotopic (exact) mass is 710 g/mol. The van der Waals surface area contributed by atoms with Gasteiger partial charge in [-0.1, -0.05) is 44.2 Å². The minimum atomic E-state index is -1.39. The zero-order valence-corrected chi connectivity index (χ0v) is 29.3. The topological polar surface area (TPSA) is 177 Å². The van der Waals surface area contributed by atoms with Gasteiger partial charge >= 0.3 is 0 Å². The highest BCUT2D eigenvalue weighted by Crippen LogP contribution is 2.26. The molecule has 274 valence electrons. The van der Waals surface area contributed by atoms with E-state index in [1.807, 2.05) is 44.2 Å². The van der Waals surface area contributed by atoms with Gasteiger partial charge < -0.3 is 30.9 Å². The van der Waals surface area contributed by atoms with E-state index in [0.717, 1.165) is 17.7 Å². The summed E-state index contributed by atoms with van der Waals surface area (Å²) in [7, 11) is 1.22. The van der Waals surface area contributed by atoms with Crippen molar-refractivity contribution in [1.29, 1.82) is 0 Å². The fraction of sp³-hybridized carbons (Fsp3) is 0.457. The Bertz CT molecular complexity index is 1730. The standard InChI is InChI=1S/C35H44F2N8O6/c1-20(2)31-32-40-22(4)43-45(32)19-28(47)38-15-17-44(35(50)29-26(51-5)14-13-24(36)30(29)37)16-9-12-27(46)39-21(3)33(48)41-25(34(49)42-31)18-23-10-7-6-8-11-23/h6-8,10-11,13-14,20-21,25,31H,9,12,15-19H2,1-5H3,(H,38,47)(H,39,46)(H,41,48)(H,42,49)/t21-,25+,31-/m0/s1. The van der Waals surface area contributed by atoms with Gasteiger partial charge in [0.15, 0.2) is 17.5 Å². The highest BCUT2D eigenvalue weighted by atomic mass is 19.2. The number of amides is 5. The fourth-order valence-corrected chi connectivity index (χ4v) is 5.66. The summed E-state index contributed by atoms with van der Waals surface area (Å²) < 4.78 is 35.6. The van der Waals surface area contributed by atoms with Gasteiger partial charge in [-0.25, -0.2) is 18.4 Å². The number of ether oxygens (including phenoxy) is 1. The number of carbonyl (C=O) groups is 5. The molecule has 0 aliphatic carbocycles. The first kappa shape index (κ1) is 38.4. The van der Waals surface area contributed by atoms with Crippen LogP contribution in [0.15, 0.2) is 42.5 Å². The van der Waals surface area contributed by atoms with Gasteiger partial charge in [0.05, 0.1) is 13.2 Å². The van der Waals surface area contributed by atoms with Crippen molar-refractivity contribution in [3.63, 3.8) is 0 Å². The van der Waals surface area contributed by atoms with Gasteiger partial charge in [0.2, 0.25) is 23.6 Å². The average molecular weight is 711 g/mol. The van der Waals surface area contributed by atoms with Crippen LogP contribution in [0, 0.1) is 24.5 Å². The van der Waals surface area contributed by atoms with Gasteiger partial charge in [-0.3, -0.25) is 24.0 Å². The summed E-state index contributed by atoms with van der Waals surface area (Å²) in [5.41, 5.74) is 0.165. The maximum Gasteiger partial charge on any atom is 0.260 e. The third-order valence-corrected chi connectivity index (χ3v) is 8.34. The molecule has 51 heavy (non-hydrogen) atoms. The van der Waals surface area contributed by atoms with Crippen LogP contribution < -0.4 is 26.0 Å². The first-order chi connectivity index (χ1) is 24.3. The summed E-state index contributed by atoms with van der Waals surface area (Å²) in [6.45, 7) is 6.29. The smallest absolute Gasteiger partial charge is 0.260 e. The van der Waals surface area contributed by atoms with Crippen molar-refractivity contribution in [3.8, 4) is 5.75 Å². The number of hydrogen-bond donors (Lipinski definition) is 4. The molecule has 0 spiro atoms. The maximum atomic E-state index is 14.9. The summed E-state index contributed by atoms with van der Waals surface area (Å²) in [6.07, 6.45) is 0.101. The maximum absolute atomic E-state index is 14.9. The SMILES string of the molecule is COc1ccc(F)c(F)c1C(=O)N1CCCC(=O)N[C@@H](C)C(=O)N[C@H](Cc2ccccc2)C(=O)N[C@@H](C(C)C)c2nc(C)nn2CC(=O)NCC1. The molecule has 4 rings (SSSR count). The minimum absolute atomic E-state index is 0.0797.